The maximum Gasteiger partial charge on any atom is 0.137 e. The van der Waals surface area contributed by atoms with Crippen molar-refractivity contribution in [1.82, 2.24) is 0 Å². The van der Waals surface area contributed by atoms with Crippen molar-refractivity contribution in [2.24, 2.45) is 0 Å². The minimum atomic E-state index is -0.243. The van der Waals surface area contributed by atoms with Gasteiger partial charge < -0.3 is 5.32 Å². The van der Waals surface area contributed by atoms with Gasteiger partial charge in [0.2, 0.25) is 0 Å². The van der Waals surface area contributed by atoms with E-state index in [9.17, 15) is 4.39 Å². The number of rotatable bonds is 3. The highest BCUT2D eigenvalue weighted by molar-refractivity contribution is 9.10. The summed E-state index contributed by atoms with van der Waals surface area (Å²) in [5.41, 5.74) is 6.06. The summed E-state index contributed by atoms with van der Waals surface area (Å²) in [6.07, 6.45) is 0. The molecule has 0 aromatic heterocycles. The summed E-state index contributed by atoms with van der Waals surface area (Å²) in [5, 5.41) is 3.32. The molecule has 1 nitrogen and oxygen atoms in total. The Balaban J connectivity index is 2.14. The minimum absolute atomic E-state index is 0.243. The van der Waals surface area contributed by atoms with Crippen molar-refractivity contribution in [2.45, 2.75) is 27.3 Å². The van der Waals surface area contributed by atoms with Gasteiger partial charge in [-0.1, -0.05) is 12.1 Å². The van der Waals surface area contributed by atoms with Crippen LogP contribution in [0.3, 0.4) is 0 Å². The highest BCUT2D eigenvalue weighted by Gasteiger charge is 2.03. The number of halogens is 2. The zero-order valence-corrected chi connectivity index (χ0v) is 12.9. The molecule has 0 aliphatic rings. The molecule has 19 heavy (non-hydrogen) atoms. The van der Waals surface area contributed by atoms with Crippen LogP contribution in [-0.4, -0.2) is 0 Å². The van der Waals surface area contributed by atoms with Gasteiger partial charge in [0, 0.05) is 12.2 Å². The topological polar surface area (TPSA) is 12.0 Å². The molecule has 0 aliphatic carbocycles. The number of hydrogen-bond acceptors (Lipinski definition) is 1. The lowest BCUT2D eigenvalue weighted by Crippen LogP contribution is -2.02. The second-order valence-electron chi connectivity index (χ2n) is 4.85. The Morgan fingerprint density at radius 3 is 2.37 bits per heavy atom. The van der Waals surface area contributed by atoms with Crippen molar-refractivity contribution in [3.05, 3.63) is 62.9 Å². The van der Waals surface area contributed by atoms with Gasteiger partial charge >= 0.3 is 0 Å². The number of anilines is 1. The van der Waals surface area contributed by atoms with E-state index in [1.54, 1.807) is 12.1 Å². The number of hydrogen-bond donors (Lipinski definition) is 1. The summed E-state index contributed by atoms with van der Waals surface area (Å²) >= 11 is 3.19. The Kier molecular flexibility index (Phi) is 4.25. The Morgan fingerprint density at radius 1 is 1.00 bits per heavy atom. The van der Waals surface area contributed by atoms with Gasteiger partial charge in [-0.25, -0.2) is 4.39 Å². The van der Waals surface area contributed by atoms with Crippen LogP contribution in [0.5, 0.6) is 0 Å². The predicted molar refractivity (Wildman–Crippen MR) is 82.1 cm³/mol. The highest BCUT2D eigenvalue weighted by atomic mass is 79.9. The molecule has 0 spiro atoms. The van der Waals surface area contributed by atoms with Crippen LogP contribution in [0.2, 0.25) is 0 Å². The second kappa shape index (κ2) is 5.74. The Bertz CT molecular complexity index is 608. The van der Waals surface area contributed by atoms with Crippen LogP contribution in [0, 0.1) is 26.6 Å². The first-order valence-electron chi connectivity index (χ1n) is 6.23. The fourth-order valence-corrected chi connectivity index (χ4v) is 2.39. The van der Waals surface area contributed by atoms with Crippen LogP contribution in [0.4, 0.5) is 10.1 Å². The molecule has 0 amide bonds. The van der Waals surface area contributed by atoms with Crippen molar-refractivity contribution in [2.75, 3.05) is 5.32 Å². The summed E-state index contributed by atoms with van der Waals surface area (Å²) in [5.74, 6) is -0.243. The van der Waals surface area contributed by atoms with Crippen molar-refractivity contribution in [3.63, 3.8) is 0 Å². The lowest BCUT2D eigenvalue weighted by atomic mass is 10.0. The Morgan fingerprint density at radius 2 is 1.68 bits per heavy atom. The molecule has 0 saturated heterocycles. The maximum absolute atomic E-state index is 13.1. The van der Waals surface area contributed by atoms with E-state index in [1.165, 1.54) is 28.3 Å². The minimum Gasteiger partial charge on any atom is -0.381 e. The quantitative estimate of drug-likeness (QED) is 0.826. The number of aryl methyl sites for hydroxylation is 3. The standard InChI is InChI=1S/C16H17BrFN/c1-10-6-12(3)13(7-11(10)2)9-19-14-4-5-16(18)15(17)8-14/h4-8,19H,9H2,1-3H3. The smallest absolute Gasteiger partial charge is 0.137 e. The summed E-state index contributed by atoms with van der Waals surface area (Å²) in [6.45, 7) is 7.10. The van der Waals surface area contributed by atoms with Crippen LogP contribution in [0.25, 0.3) is 0 Å². The van der Waals surface area contributed by atoms with E-state index in [1.807, 2.05) is 0 Å². The van der Waals surface area contributed by atoms with E-state index < -0.39 is 0 Å². The number of benzene rings is 2. The fraction of sp³-hybridized carbons (Fsp3) is 0.250. The average Bonchev–Trinajstić information content (AvgIpc) is 2.36. The first-order chi connectivity index (χ1) is 8.97. The highest BCUT2D eigenvalue weighted by Crippen LogP contribution is 2.21. The van der Waals surface area contributed by atoms with Crippen molar-refractivity contribution in [3.8, 4) is 0 Å². The van der Waals surface area contributed by atoms with Crippen LogP contribution >= 0.6 is 15.9 Å². The zero-order valence-electron chi connectivity index (χ0n) is 11.3. The molecular formula is C16H17BrFN. The molecule has 2 aromatic rings. The zero-order chi connectivity index (χ0) is 14.0. The van der Waals surface area contributed by atoms with Gasteiger partial charge in [0.1, 0.15) is 5.82 Å². The van der Waals surface area contributed by atoms with Gasteiger partial charge in [-0.3, -0.25) is 0 Å². The molecule has 0 bridgehead atoms. The second-order valence-corrected chi connectivity index (χ2v) is 5.70. The number of nitrogens with one attached hydrogen (secondary N) is 1. The molecule has 2 aromatic carbocycles. The first-order valence-corrected chi connectivity index (χ1v) is 7.02. The van der Waals surface area contributed by atoms with Gasteiger partial charge in [0.15, 0.2) is 0 Å². The average molecular weight is 322 g/mol. The normalized spacial score (nSPS) is 10.6. The van der Waals surface area contributed by atoms with Gasteiger partial charge in [-0.2, -0.15) is 0 Å². The SMILES string of the molecule is Cc1cc(C)c(CNc2ccc(F)c(Br)c2)cc1C. The van der Waals surface area contributed by atoms with Gasteiger partial charge in [-0.15, -0.1) is 0 Å². The van der Waals surface area contributed by atoms with Gasteiger partial charge in [0.05, 0.1) is 4.47 Å². The third kappa shape index (κ3) is 3.35. The van der Waals surface area contributed by atoms with Crippen LogP contribution in [0.1, 0.15) is 22.3 Å². The molecule has 100 valence electrons. The third-order valence-electron chi connectivity index (χ3n) is 3.35. The fourth-order valence-electron chi connectivity index (χ4n) is 2.01. The van der Waals surface area contributed by atoms with E-state index in [4.69, 9.17) is 0 Å². The lowest BCUT2D eigenvalue weighted by Gasteiger charge is -2.12. The third-order valence-corrected chi connectivity index (χ3v) is 3.96. The molecule has 0 fully saturated rings. The van der Waals surface area contributed by atoms with E-state index in [2.05, 4.69) is 54.2 Å². The van der Waals surface area contributed by atoms with Gasteiger partial charge in [-0.05, 0) is 77.2 Å². The summed E-state index contributed by atoms with van der Waals surface area (Å²) in [6, 6.07) is 9.37. The molecule has 0 atom stereocenters. The molecule has 0 unspecified atom stereocenters. The van der Waals surface area contributed by atoms with Crippen molar-refractivity contribution < 1.29 is 4.39 Å². The predicted octanol–water partition coefficient (Wildman–Crippen LogP) is 5.13. The van der Waals surface area contributed by atoms with E-state index >= 15 is 0 Å². The first kappa shape index (κ1) is 14.1. The maximum atomic E-state index is 13.1. The molecule has 0 heterocycles. The molecular weight excluding hydrogens is 305 g/mol. The Labute approximate surface area is 122 Å². The summed E-state index contributed by atoms with van der Waals surface area (Å²) in [7, 11) is 0. The molecule has 0 saturated carbocycles. The van der Waals surface area contributed by atoms with Crippen LogP contribution in [0.15, 0.2) is 34.8 Å². The Hall–Kier alpha value is -1.35. The monoisotopic (exact) mass is 321 g/mol. The van der Waals surface area contributed by atoms with E-state index in [0.717, 1.165) is 12.2 Å². The molecule has 2 rings (SSSR count). The molecule has 3 heteroatoms. The molecule has 0 aliphatic heterocycles. The van der Waals surface area contributed by atoms with E-state index in [0.29, 0.717) is 4.47 Å². The molecule has 1 N–H and O–H groups in total. The summed E-state index contributed by atoms with van der Waals surface area (Å²) < 4.78 is 13.6. The van der Waals surface area contributed by atoms with E-state index in [-0.39, 0.29) is 5.82 Å². The van der Waals surface area contributed by atoms with Crippen molar-refractivity contribution >= 4 is 21.6 Å². The van der Waals surface area contributed by atoms with Crippen LogP contribution < -0.4 is 5.32 Å². The largest absolute Gasteiger partial charge is 0.381 e. The summed E-state index contributed by atoms with van der Waals surface area (Å²) in [4.78, 5) is 0. The van der Waals surface area contributed by atoms with Crippen LogP contribution in [-0.2, 0) is 6.54 Å². The van der Waals surface area contributed by atoms with Gasteiger partial charge in [0.25, 0.3) is 0 Å². The molecule has 0 radical (unpaired) electrons. The lowest BCUT2D eigenvalue weighted by molar-refractivity contribution is 0.621. The van der Waals surface area contributed by atoms with Crippen molar-refractivity contribution in [1.29, 1.82) is 0 Å².